The average Bonchev–Trinajstić information content (AvgIpc) is 3.56. The Kier molecular flexibility index (Phi) is 5.40. The third-order valence-electron chi connectivity index (χ3n) is 5.79. The maximum absolute atomic E-state index is 9.68. The van der Waals surface area contributed by atoms with Crippen molar-refractivity contribution in [2.75, 3.05) is 30.5 Å². The summed E-state index contributed by atoms with van der Waals surface area (Å²) in [6.45, 7) is 6.02. The molecule has 6 heteroatoms. The van der Waals surface area contributed by atoms with Crippen molar-refractivity contribution in [2.45, 2.75) is 51.6 Å². The number of aliphatic hydroxyl groups excluding tert-OH is 1. The highest BCUT2D eigenvalue weighted by molar-refractivity contribution is 5.50. The molecule has 1 aromatic heterocycles. The van der Waals surface area contributed by atoms with Crippen LogP contribution in [0.4, 0.5) is 11.8 Å². The van der Waals surface area contributed by atoms with Gasteiger partial charge in [-0.1, -0.05) is 19.9 Å². The number of methoxy groups -OCH3 is 1. The molecule has 0 spiro atoms. The third kappa shape index (κ3) is 4.07. The number of hydrogen-bond donors (Lipinski definition) is 2. The van der Waals surface area contributed by atoms with E-state index in [1.807, 2.05) is 6.07 Å². The first-order valence-electron chi connectivity index (χ1n) is 10.2. The van der Waals surface area contributed by atoms with Crippen molar-refractivity contribution in [3.63, 3.8) is 0 Å². The number of rotatable bonds is 7. The number of anilines is 2. The molecule has 2 aliphatic rings. The summed E-state index contributed by atoms with van der Waals surface area (Å²) in [5.74, 6) is 3.38. The van der Waals surface area contributed by atoms with E-state index in [1.165, 1.54) is 24.0 Å². The fraction of sp³-hybridized carbons (Fsp3) is 0.545. The number of hydrogen-bond acceptors (Lipinski definition) is 6. The molecule has 1 saturated carbocycles. The predicted octanol–water partition coefficient (Wildman–Crippen LogP) is 3.35. The van der Waals surface area contributed by atoms with Crippen LogP contribution >= 0.6 is 0 Å². The molecule has 1 aliphatic carbocycles. The zero-order valence-electron chi connectivity index (χ0n) is 17.0. The summed E-state index contributed by atoms with van der Waals surface area (Å²) in [6, 6.07) is 8.43. The van der Waals surface area contributed by atoms with E-state index in [4.69, 9.17) is 14.7 Å². The number of benzene rings is 1. The Morgan fingerprint density at radius 1 is 1.21 bits per heavy atom. The Labute approximate surface area is 167 Å². The molecule has 28 heavy (non-hydrogen) atoms. The minimum atomic E-state index is -0.0446. The second-order valence-corrected chi connectivity index (χ2v) is 8.23. The molecule has 1 atom stereocenters. The van der Waals surface area contributed by atoms with Gasteiger partial charge in [0.25, 0.3) is 0 Å². The standard InChI is InChI=1S/C22H30N4O2/c1-14(2)20(13-27)24-22-23-19(15-4-5-15)11-21(25-22)26-9-8-16-10-18(28-3)7-6-17(16)12-26/h6-7,10-11,14-15,20,27H,4-5,8-9,12-13H2,1-3H3,(H,23,24,25)/t20-/m0/s1. The Balaban J connectivity index is 1.59. The molecule has 2 N–H and O–H groups in total. The van der Waals surface area contributed by atoms with Gasteiger partial charge >= 0.3 is 0 Å². The van der Waals surface area contributed by atoms with Gasteiger partial charge in [0.05, 0.1) is 25.5 Å². The Hall–Kier alpha value is -2.34. The molecular weight excluding hydrogens is 352 g/mol. The van der Waals surface area contributed by atoms with Crippen LogP contribution in [-0.2, 0) is 13.0 Å². The monoisotopic (exact) mass is 382 g/mol. The average molecular weight is 383 g/mol. The lowest BCUT2D eigenvalue weighted by molar-refractivity contribution is 0.248. The zero-order valence-corrected chi connectivity index (χ0v) is 17.0. The molecule has 0 saturated heterocycles. The van der Waals surface area contributed by atoms with Crippen LogP contribution in [0.2, 0.25) is 0 Å². The van der Waals surface area contributed by atoms with E-state index in [1.54, 1.807) is 7.11 Å². The van der Waals surface area contributed by atoms with Crippen LogP contribution in [0.5, 0.6) is 5.75 Å². The van der Waals surface area contributed by atoms with Gasteiger partial charge in [-0.15, -0.1) is 0 Å². The number of nitrogens with one attached hydrogen (secondary N) is 1. The lowest BCUT2D eigenvalue weighted by Crippen LogP contribution is -2.33. The maximum atomic E-state index is 9.68. The van der Waals surface area contributed by atoms with Crippen molar-refractivity contribution in [1.29, 1.82) is 0 Å². The van der Waals surface area contributed by atoms with Crippen LogP contribution in [0.1, 0.15) is 49.4 Å². The predicted molar refractivity (Wildman–Crippen MR) is 111 cm³/mol. The van der Waals surface area contributed by atoms with Crippen molar-refractivity contribution in [3.05, 3.63) is 41.1 Å². The van der Waals surface area contributed by atoms with Crippen LogP contribution in [0.3, 0.4) is 0 Å². The summed E-state index contributed by atoms with van der Waals surface area (Å²) < 4.78 is 5.36. The summed E-state index contributed by atoms with van der Waals surface area (Å²) in [4.78, 5) is 11.9. The Morgan fingerprint density at radius 3 is 2.71 bits per heavy atom. The normalized spacial score (nSPS) is 17.4. The summed E-state index contributed by atoms with van der Waals surface area (Å²) >= 11 is 0. The molecular formula is C22H30N4O2. The van der Waals surface area contributed by atoms with E-state index in [0.29, 0.717) is 17.8 Å². The fourth-order valence-electron chi connectivity index (χ4n) is 3.71. The van der Waals surface area contributed by atoms with Crippen LogP contribution in [0, 0.1) is 5.92 Å². The summed E-state index contributed by atoms with van der Waals surface area (Å²) in [7, 11) is 1.71. The highest BCUT2D eigenvalue weighted by Gasteiger charge is 2.28. The van der Waals surface area contributed by atoms with E-state index in [2.05, 4.69) is 42.3 Å². The maximum Gasteiger partial charge on any atom is 0.225 e. The molecule has 4 rings (SSSR count). The summed E-state index contributed by atoms with van der Waals surface area (Å²) in [5.41, 5.74) is 3.79. The molecule has 0 radical (unpaired) electrons. The summed E-state index contributed by atoms with van der Waals surface area (Å²) in [5, 5.41) is 13.0. The van der Waals surface area contributed by atoms with E-state index in [9.17, 15) is 5.11 Å². The number of aromatic nitrogens is 2. The number of nitrogens with zero attached hydrogens (tertiary/aromatic N) is 3. The SMILES string of the molecule is COc1ccc2c(c1)CCN(c1cc(C3CC3)nc(N[C@@H](CO)C(C)C)n1)C2. The first-order valence-corrected chi connectivity index (χ1v) is 10.2. The van der Waals surface area contributed by atoms with Gasteiger partial charge in [0.2, 0.25) is 5.95 Å². The van der Waals surface area contributed by atoms with E-state index < -0.39 is 0 Å². The molecule has 0 unspecified atom stereocenters. The van der Waals surface area contributed by atoms with Gasteiger partial charge in [0, 0.05) is 25.1 Å². The lowest BCUT2D eigenvalue weighted by Gasteiger charge is -2.31. The number of ether oxygens (including phenoxy) is 1. The zero-order chi connectivity index (χ0) is 19.7. The van der Waals surface area contributed by atoms with Crippen molar-refractivity contribution in [1.82, 2.24) is 9.97 Å². The Bertz CT molecular complexity index is 835. The Morgan fingerprint density at radius 2 is 2.04 bits per heavy atom. The molecule has 1 aromatic carbocycles. The van der Waals surface area contributed by atoms with Crippen LogP contribution in [0.25, 0.3) is 0 Å². The molecule has 2 aromatic rings. The first kappa shape index (κ1) is 19.0. The largest absolute Gasteiger partial charge is 0.497 e. The van der Waals surface area contributed by atoms with Gasteiger partial charge in [-0.3, -0.25) is 0 Å². The third-order valence-corrected chi connectivity index (χ3v) is 5.79. The van der Waals surface area contributed by atoms with Crippen molar-refractivity contribution in [2.24, 2.45) is 5.92 Å². The van der Waals surface area contributed by atoms with Crippen LogP contribution in [-0.4, -0.2) is 41.4 Å². The van der Waals surface area contributed by atoms with Crippen molar-refractivity contribution in [3.8, 4) is 5.75 Å². The van der Waals surface area contributed by atoms with Gasteiger partial charge in [-0.2, -0.15) is 4.98 Å². The second kappa shape index (κ2) is 7.95. The molecule has 6 nitrogen and oxygen atoms in total. The number of fused-ring (bicyclic) bond motifs is 1. The quantitative estimate of drug-likeness (QED) is 0.765. The van der Waals surface area contributed by atoms with Crippen LogP contribution < -0.4 is 15.0 Å². The molecule has 0 bridgehead atoms. The van der Waals surface area contributed by atoms with E-state index in [-0.39, 0.29) is 12.6 Å². The molecule has 150 valence electrons. The number of aliphatic hydroxyl groups is 1. The van der Waals surface area contributed by atoms with Gasteiger partial charge in [-0.05, 0) is 48.4 Å². The van der Waals surface area contributed by atoms with Gasteiger partial charge in [0.1, 0.15) is 11.6 Å². The lowest BCUT2D eigenvalue weighted by atomic mass is 9.99. The van der Waals surface area contributed by atoms with Gasteiger partial charge < -0.3 is 20.1 Å². The van der Waals surface area contributed by atoms with Gasteiger partial charge in [-0.25, -0.2) is 4.98 Å². The highest BCUT2D eigenvalue weighted by atomic mass is 16.5. The van der Waals surface area contributed by atoms with Crippen molar-refractivity contribution < 1.29 is 9.84 Å². The second-order valence-electron chi connectivity index (χ2n) is 8.23. The minimum absolute atomic E-state index is 0.0446. The van der Waals surface area contributed by atoms with E-state index in [0.717, 1.165) is 36.8 Å². The topological polar surface area (TPSA) is 70.5 Å². The van der Waals surface area contributed by atoms with Gasteiger partial charge in [0.15, 0.2) is 0 Å². The fourth-order valence-corrected chi connectivity index (χ4v) is 3.71. The summed E-state index contributed by atoms with van der Waals surface area (Å²) in [6.07, 6.45) is 3.38. The highest BCUT2D eigenvalue weighted by Crippen LogP contribution is 2.40. The smallest absolute Gasteiger partial charge is 0.225 e. The minimum Gasteiger partial charge on any atom is -0.497 e. The molecule has 1 aliphatic heterocycles. The first-order chi connectivity index (χ1) is 13.6. The molecule has 2 heterocycles. The van der Waals surface area contributed by atoms with Crippen LogP contribution in [0.15, 0.2) is 24.3 Å². The van der Waals surface area contributed by atoms with E-state index >= 15 is 0 Å². The molecule has 1 fully saturated rings. The van der Waals surface area contributed by atoms with Crippen molar-refractivity contribution >= 4 is 11.8 Å². The molecule has 0 amide bonds.